The molecule has 2 amide bonds. The molecule has 1 aromatic rings. The zero-order chi connectivity index (χ0) is 14.5. The largest absolute Gasteiger partial charge is 0.355 e. The predicted octanol–water partition coefficient (Wildman–Crippen LogP) is 1.26. The van der Waals surface area contributed by atoms with Crippen LogP contribution >= 0.6 is 22.9 Å². The molecule has 20 heavy (non-hydrogen) atoms. The number of halogens is 1. The quantitative estimate of drug-likeness (QED) is 0.802. The molecular formula is C12H17ClN4O2S. The standard InChI is InChI=1S/C12H17ClN4O2S/c1-8(18)14-4-5-15-11(19)9-10(13)16-12(20-9)17-6-2-3-7-17/h2-7H2,1H3,(H,14,18)(H,15,19). The van der Waals surface area contributed by atoms with Gasteiger partial charge in [0.05, 0.1) is 0 Å². The minimum absolute atomic E-state index is 0.119. The van der Waals surface area contributed by atoms with E-state index in [0.29, 0.717) is 18.0 Å². The molecular weight excluding hydrogens is 300 g/mol. The number of carbonyl (C=O) groups excluding carboxylic acids is 2. The van der Waals surface area contributed by atoms with Gasteiger partial charge in [-0.3, -0.25) is 9.59 Å². The van der Waals surface area contributed by atoms with Crippen molar-refractivity contribution in [3.05, 3.63) is 10.0 Å². The van der Waals surface area contributed by atoms with Crippen molar-refractivity contribution in [3.63, 3.8) is 0 Å². The van der Waals surface area contributed by atoms with Crippen LogP contribution in [0.15, 0.2) is 0 Å². The highest BCUT2D eigenvalue weighted by Crippen LogP contribution is 2.31. The Bertz CT molecular complexity index is 500. The first-order valence-electron chi connectivity index (χ1n) is 6.52. The van der Waals surface area contributed by atoms with Gasteiger partial charge in [-0.05, 0) is 12.8 Å². The number of aromatic nitrogens is 1. The van der Waals surface area contributed by atoms with E-state index in [2.05, 4.69) is 20.5 Å². The van der Waals surface area contributed by atoms with E-state index in [4.69, 9.17) is 11.6 Å². The lowest BCUT2D eigenvalue weighted by atomic mass is 10.4. The van der Waals surface area contributed by atoms with E-state index in [-0.39, 0.29) is 17.0 Å². The SMILES string of the molecule is CC(=O)NCCNC(=O)c1sc(N2CCCC2)nc1Cl. The van der Waals surface area contributed by atoms with Gasteiger partial charge in [0, 0.05) is 33.1 Å². The molecule has 1 aliphatic heterocycles. The number of anilines is 1. The third-order valence-corrected chi connectivity index (χ3v) is 4.44. The van der Waals surface area contributed by atoms with E-state index in [0.717, 1.165) is 31.1 Å². The fourth-order valence-electron chi connectivity index (χ4n) is 1.97. The topological polar surface area (TPSA) is 74.3 Å². The van der Waals surface area contributed by atoms with Gasteiger partial charge in [-0.15, -0.1) is 0 Å². The summed E-state index contributed by atoms with van der Waals surface area (Å²) in [5, 5.41) is 6.37. The van der Waals surface area contributed by atoms with Crippen LogP contribution in [0.4, 0.5) is 5.13 Å². The molecule has 8 heteroatoms. The van der Waals surface area contributed by atoms with Crippen molar-refractivity contribution in [2.45, 2.75) is 19.8 Å². The third kappa shape index (κ3) is 3.83. The average Bonchev–Trinajstić information content (AvgIpc) is 3.02. The van der Waals surface area contributed by atoms with Gasteiger partial charge in [-0.2, -0.15) is 0 Å². The van der Waals surface area contributed by atoms with Gasteiger partial charge in [0.15, 0.2) is 10.3 Å². The Kier molecular flexibility index (Phi) is 5.19. The van der Waals surface area contributed by atoms with E-state index in [1.807, 2.05) is 0 Å². The second-order valence-corrected chi connectivity index (χ2v) is 5.88. The molecule has 0 radical (unpaired) electrons. The molecule has 1 aromatic heterocycles. The Labute approximate surface area is 126 Å². The second-order valence-electron chi connectivity index (χ2n) is 4.55. The summed E-state index contributed by atoms with van der Waals surface area (Å²) >= 11 is 7.34. The van der Waals surface area contributed by atoms with Gasteiger partial charge in [0.2, 0.25) is 5.91 Å². The van der Waals surface area contributed by atoms with Gasteiger partial charge in [-0.25, -0.2) is 4.98 Å². The molecule has 2 rings (SSSR count). The minimum Gasteiger partial charge on any atom is -0.355 e. The van der Waals surface area contributed by atoms with E-state index in [1.54, 1.807) is 0 Å². The number of hydrogen-bond donors (Lipinski definition) is 2. The average molecular weight is 317 g/mol. The Morgan fingerprint density at radius 2 is 1.95 bits per heavy atom. The maximum absolute atomic E-state index is 12.0. The number of nitrogens with zero attached hydrogens (tertiary/aromatic N) is 2. The van der Waals surface area contributed by atoms with Crippen LogP contribution in [0.2, 0.25) is 5.15 Å². The lowest BCUT2D eigenvalue weighted by Crippen LogP contribution is -2.33. The van der Waals surface area contributed by atoms with Crippen LogP contribution in [0, 0.1) is 0 Å². The second kappa shape index (κ2) is 6.90. The van der Waals surface area contributed by atoms with Crippen molar-refractivity contribution in [3.8, 4) is 0 Å². The molecule has 6 nitrogen and oxygen atoms in total. The molecule has 2 N–H and O–H groups in total. The van der Waals surface area contributed by atoms with Crippen LogP contribution in [-0.4, -0.2) is 43.0 Å². The molecule has 0 aliphatic carbocycles. The van der Waals surface area contributed by atoms with Crippen molar-refractivity contribution in [1.29, 1.82) is 0 Å². The monoisotopic (exact) mass is 316 g/mol. The van der Waals surface area contributed by atoms with E-state index < -0.39 is 0 Å². The fraction of sp³-hybridized carbons (Fsp3) is 0.583. The van der Waals surface area contributed by atoms with Gasteiger partial charge in [0.1, 0.15) is 4.88 Å². The zero-order valence-corrected chi connectivity index (χ0v) is 12.8. The van der Waals surface area contributed by atoms with Crippen LogP contribution in [0.5, 0.6) is 0 Å². The maximum atomic E-state index is 12.0. The van der Waals surface area contributed by atoms with Crippen LogP contribution in [0.3, 0.4) is 0 Å². The molecule has 0 aromatic carbocycles. The lowest BCUT2D eigenvalue weighted by Gasteiger charge is -2.11. The first-order chi connectivity index (χ1) is 9.58. The first kappa shape index (κ1) is 15.1. The van der Waals surface area contributed by atoms with Gasteiger partial charge in [0.25, 0.3) is 5.91 Å². The predicted molar refractivity (Wildman–Crippen MR) is 79.6 cm³/mol. The number of nitrogens with one attached hydrogen (secondary N) is 2. The Morgan fingerprint density at radius 3 is 2.60 bits per heavy atom. The molecule has 1 aliphatic rings. The van der Waals surface area contributed by atoms with Crippen molar-refractivity contribution < 1.29 is 9.59 Å². The zero-order valence-electron chi connectivity index (χ0n) is 11.2. The number of thiazole rings is 1. The highest BCUT2D eigenvalue weighted by Gasteiger charge is 2.21. The summed E-state index contributed by atoms with van der Waals surface area (Å²) in [6, 6.07) is 0. The van der Waals surface area contributed by atoms with Crippen molar-refractivity contribution in [2.75, 3.05) is 31.1 Å². The smallest absolute Gasteiger partial charge is 0.264 e. The summed E-state index contributed by atoms with van der Waals surface area (Å²) in [4.78, 5) is 29.5. The number of amides is 2. The van der Waals surface area contributed by atoms with E-state index in [1.165, 1.54) is 18.3 Å². The summed E-state index contributed by atoms with van der Waals surface area (Å²) in [7, 11) is 0. The normalized spacial score (nSPS) is 14.4. The Morgan fingerprint density at radius 1 is 1.30 bits per heavy atom. The summed E-state index contributed by atoms with van der Waals surface area (Å²) in [6.07, 6.45) is 2.30. The fourth-order valence-corrected chi connectivity index (χ4v) is 3.23. The molecule has 2 heterocycles. The Balaban J connectivity index is 1.90. The van der Waals surface area contributed by atoms with Crippen LogP contribution < -0.4 is 15.5 Å². The highest BCUT2D eigenvalue weighted by molar-refractivity contribution is 7.18. The van der Waals surface area contributed by atoms with Gasteiger partial charge in [-0.1, -0.05) is 22.9 Å². The van der Waals surface area contributed by atoms with Crippen molar-refractivity contribution in [1.82, 2.24) is 15.6 Å². The molecule has 0 atom stereocenters. The van der Waals surface area contributed by atoms with Crippen LogP contribution in [0.1, 0.15) is 29.4 Å². The van der Waals surface area contributed by atoms with Crippen molar-refractivity contribution in [2.24, 2.45) is 0 Å². The summed E-state index contributed by atoms with van der Waals surface area (Å²) in [5.41, 5.74) is 0. The molecule has 0 saturated carbocycles. The minimum atomic E-state index is -0.247. The summed E-state index contributed by atoms with van der Waals surface area (Å²) in [5.74, 6) is -0.366. The first-order valence-corrected chi connectivity index (χ1v) is 7.71. The molecule has 0 unspecified atom stereocenters. The molecule has 1 fully saturated rings. The highest BCUT2D eigenvalue weighted by atomic mass is 35.5. The molecule has 0 bridgehead atoms. The Hall–Kier alpha value is -1.34. The number of rotatable bonds is 5. The van der Waals surface area contributed by atoms with Crippen LogP contribution in [-0.2, 0) is 4.79 Å². The maximum Gasteiger partial charge on any atom is 0.264 e. The molecule has 1 saturated heterocycles. The number of hydrogen-bond acceptors (Lipinski definition) is 5. The summed E-state index contributed by atoms with van der Waals surface area (Å²) < 4.78 is 0. The third-order valence-electron chi connectivity index (χ3n) is 2.94. The van der Waals surface area contributed by atoms with E-state index >= 15 is 0 Å². The number of carbonyl (C=O) groups is 2. The molecule has 0 spiro atoms. The van der Waals surface area contributed by atoms with Gasteiger partial charge >= 0.3 is 0 Å². The molecule has 110 valence electrons. The van der Waals surface area contributed by atoms with E-state index in [9.17, 15) is 9.59 Å². The lowest BCUT2D eigenvalue weighted by molar-refractivity contribution is -0.118. The summed E-state index contributed by atoms with van der Waals surface area (Å²) in [6.45, 7) is 4.13. The van der Waals surface area contributed by atoms with Crippen molar-refractivity contribution >= 4 is 39.9 Å². The van der Waals surface area contributed by atoms with Gasteiger partial charge < -0.3 is 15.5 Å². The van der Waals surface area contributed by atoms with Crippen LogP contribution in [0.25, 0.3) is 0 Å².